The van der Waals surface area contributed by atoms with Crippen molar-refractivity contribution in [2.24, 2.45) is 0 Å². The molecule has 1 aliphatic rings. The summed E-state index contributed by atoms with van der Waals surface area (Å²) in [6.07, 6.45) is 0.983. The molecule has 0 spiro atoms. The van der Waals surface area contributed by atoms with E-state index in [0.717, 1.165) is 29.1 Å². The molecular formula is C37H24O. The molecule has 7 aromatic rings. The van der Waals surface area contributed by atoms with Gasteiger partial charge in [-0.2, -0.15) is 0 Å². The Balaban J connectivity index is 1.15. The molecule has 8 rings (SSSR count). The van der Waals surface area contributed by atoms with Crippen LogP contribution < -0.4 is 0 Å². The minimum atomic E-state index is 0.887. The normalized spacial score (nSPS) is 12.1. The molecule has 0 saturated carbocycles. The summed E-state index contributed by atoms with van der Waals surface area (Å²) in [6, 6.07) is 47.9. The van der Waals surface area contributed by atoms with Crippen molar-refractivity contribution < 1.29 is 4.42 Å². The molecule has 0 atom stereocenters. The Bertz CT molecular complexity index is 1930. The maximum absolute atomic E-state index is 6.38. The zero-order chi connectivity index (χ0) is 25.1. The molecule has 0 amide bonds. The number of hydrogen-bond donors (Lipinski definition) is 0. The summed E-state index contributed by atoms with van der Waals surface area (Å²) in [4.78, 5) is 0. The van der Waals surface area contributed by atoms with Gasteiger partial charge in [0.25, 0.3) is 0 Å². The van der Waals surface area contributed by atoms with Gasteiger partial charge in [0.15, 0.2) is 0 Å². The summed E-state index contributed by atoms with van der Waals surface area (Å²) in [5.74, 6) is 1.79. The molecule has 1 nitrogen and oxygen atoms in total. The first-order valence-corrected chi connectivity index (χ1v) is 13.1. The fourth-order valence-electron chi connectivity index (χ4n) is 6.07. The van der Waals surface area contributed by atoms with Crippen LogP contribution in [0.3, 0.4) is 0 Å². The molecular weight excluding hydrogens is 460 g/mol. The summed E-state index contributed by atoms with van der Waals surface area (Å²) >= 11 is 0. The summed E-state index contributed by atoms with van der Waals surface area (Å²) in [6.45, 7) is 0. The van der Waals surface area contributed by atoms with Crippen molar-refractivity contribution in [2.45, 2.75) is 6.42 Å². The summed E-state index contributed by atoms with van der Waals surface area (Å²) in [5.41, 5.74) is 10.2. The van der Waals surface area contributed by atoms with E-state index < -0.39 is 0 Å². The van der Waals surface area contributed by atoms with Crippen LogP contribution >= 0.6 is 0 Å². The fourth-order valence-corrected chi connectivity index (χ4v) is 6.07. The molecule has 1 heteroatoms. The minimum absolute atomic E-state index is 0.887. The third-order valence-electron chi connectivity index (χ3n) is 7.91. The van der Waals surface area contributed by atoms with Crippen molar-refractivity contribution in [1.29, 1.82) is 0 Å². The minimum Gasteiger partial charge on any atom is -0.456 e. The first kappa shape index (κ1) is 21.2. The Hall–Kier alpha value is -4.88. The summed E-state index contributed by atoms with van der Waals surface area (Å²) in [5, 5.41) is 5.08. The maximum atomic E-state index is 6.38. The lowest BCUT2D eigenvalue weighted by molar-refractivity contribution is 0.597. The zero-order valence-electron chi connectivity index (χ0n) is 20.8. The predicted molar refractivity (Wildman–Crippen MR) is 158 cm³/mol. The molecule has 0 fully saturated rings. The Morgan fingerprint density at radius 2 is 1.00 bits per heavy atom. The van der Waals surface area contributed by atoms with Gasteiger partial charge < -0.3 is 4.42 Å². The predicted octanol–water partition coefficient (Wildman–Crippen LogP) is 10.2. The van der Waals surface area contributed by atoms with Crippen LogP contribution in [0.1, 0.15) is 11.1 Å². The largest absolute Gasteiger partial charge is 0.456 e. The summed E-state index contributed by atoms with van der Waals surface area (Å²) < 4.78 is 6.38. The maximum Gasteiger partial charge on any atom is 0.134 e. The van der Waals surface area contributed by atoms with Crippen molar-refractivity contribution in [1.82, 2.24) is 0 Å². The van der Waals surface area contributed by atoms with Gasteiger partial charge in [0.1, 0.15) is 11.5 Å². The SMILES string of the molecule is c1ccc2c(c1)Cc1cc(-c3ccc(-c4ccc(-c5c6ccccc6cc6ccccc56)cc4)o3)ccc1-2. The molecule has 1 aromatic heterocycles. The van der Waals surface area contributed by atoms with Gasteiger partial charge >= 0.3 is 0 Å². The van der Waals surface area contributed by atoms with Gasteiger partial charge in [-0.1, -0.05) is 109 Å². The van der Waals surface area contributed by atoms with Crippen LogP contribution in [0.5, 0.6) is 0 Å². The highest BCUT2D eigenvalue weighted by Gasteiger charge is 2.19. The van der Waals surface area contributed by atoms with Crippen molar-refractivity contribution in [3.63, 3.8) is 0 Å². The monoisotopic (exact) mass is 484 g/mol. The quantitative estimate of drug-likeness (QED) is 0.227. The third-order valence-corrected chi connectivity index (χ3v) is 7.91. The van der Waals surface area contributed by atoms with E-state index in [1.54, 1.807) is 0 Å². The van der Waals surface area contributed by atoms with Crippen molar-refractivity contribution >= 4 is 21.5 Å². The first-order valence-electron chi connectivity index (χ1n) is 13.1. The second-order valence-electron chi connectivity index (χ2n) is 10.1. The molecule has 38 heavy (non-hydrogen) atoms. The standard InChI is InChI=1S/C37H24O/c1-4-10-31-26(7-1)22-30-23-29(17-18-32(30)31)36-20-19-35(38-36)24-13-15-25(16-14-24)37-33-11-5-2-8-27(33)21-28-9-3-6-12-34(28)37/h1-21,23H,22H2. The highest BCUT2D eigenvalue weighted by molar-refractivity contribution is 6.12. The van der Waals surface area contributed by atoms with Crippen LogP contribution in [-0.4, -0.2) is 0 Å². The van der Waals surface area contributed by atoms with Gasteiger partial charge in [-0.25, -0.2) is 0 Å². The van der Waals surface area contributed by atoms with Gasteiger partial charge in [0.05, 0.1) is 0 Å². The topological polar surface area (TPSA) is 13.1 Å². The van der Waals surface area contributed by atoms with Crippen LogP contribution in [0.2, 0.25) is 0 Å². The first-order chi connectivity index (χ1) is 18.8. The lowest BCUT2D eigenvalue weighted by atomic mass is 9.91. The van der Waals surface area contributed by atoms with Crippen molar-refractivity contribution in [3.8, 4) is 44.9 Å². The molecule has 1 heterocycles. The van der Waals surface area contributed by atoms with Gasteiger partial charge in [-0.05, 0) is 85.6 Å². The van der Waals surface area contributed by atoms with Crippen LogP contribution in [0.4, 0.5) is 0 Å². The Morgan fingerprint density at radius 3 is 1.76 bits per heavy atom. The number of rotatable bonds is 3. The van der Waals surface area contributed by atoms with E-state index in [1.165, 1.54) is 54.9 Å². The second kappa shape index (κ2) is 8.33. The molecule has 0 bridgehead atoms. The Labute approximate surface area is 221 Å². The molecule has 0 aliphatic heterocycles. The summed E-state index contributed by atoms with van der Waals surface area (Å²) in [7, 11) is 0. The molecule has 0 radical (unpaired) electrons. The van der Waals surface area contributed by atoms with Gasteiger partial charge in [-0.15, -0.1) is 0 Å². The third kappa shape index (κ3) is 3.33. The van der Waals surface area contributed by atoms with Crippen LogP contribution in [0.15, 0.2) is 138 Å². The molecule has 0 N–H and O–H groups in total. The zero-order valence-corrected chi connectivity index (χ0v) is 20.8. The van der Waals surface area contributed by atoms with E-state index in [0.29, 0.717) is 0 Å². The van der Waals surface area contributed by atoms with E-state index in [2.05, 4.69) is 133 Å². The van der Waals surface area contributed by atoms with E-state index >= 15 is 0 Å². The van der Waals surface area contributed by atoms with Crippen LogP contribution in [0.25, 0.3) is 66.4 Å². The lowest BCUT2D eigenvalue weighted by Gasteiger charge is -2.12. The van der Waals surface area contributed by atoms with Crippen LogP contribution in [0, 0.1) is 0 Å². The number of benzene rings is 6. The molecule has 1 aliphatic carbocycles. The number of hydrogen-bond acceptors (Lipinski definition) is 1. The van der Waals surface area contributed by atoms with Gasteiger partial charge in [0.2, 0.25) is 0 Å². The van der Waals surface area contributed by atoms with Crippen LogP contribution in [-0.2, 0) is 6.42 Å². The van der Waals surface area contributed by atoms with Crippen molar-refractivity contribution in [2.75, 3.05) is 0 Å². The van der Waals surface area contributed by atoms with Crippen molar-refractivity contribution in [3.05, 3.63) is 145 Å². The molecule has 0 saturated heterocycles. The highest BCUT2D eigenvalue weighted by Crippen LogP contribution is 2.40. The second-order valence-corrected chi connectivity index (χ2v) is 10.1. The van der Waals surface area contributed by atoms with Gasteiger partial charge in [0, 0.05) is 11.1 Å². The molecule has 0 unspecified atom stereocenters. The number of fused-ring (bicyclic) bond motifs is 5. The fraction of sp³-hybridized carbons (Fsp3) is 0.0270. The number of furan rings is 1. The molecule has 6 aromatic carbocycles. The van der Waals surface area contributed by atoms with E-state index in [-0.39, 0.29) is 0 Å². The van der Waals surface area contributed by atoms with E-state index in [4.69, 9.17) is 4.42 Å². The highest BCUT2D eigenvalue weighted by atomic mass is 16.3. The Kier molecular flexibility index (Phi) is 4.65. The molecule has 178 valence electrons. The average Bonchev–Trinajstić information content (AvgIpc) is 3.61. The van der Waals surface area contributed by atoms with E-state index in [9.17, 15) is 0 Å². The lowest BCUT2D eigenvalue weighted by Crippen LogP contribution is -1.86. The Morgan fingerprint density at radius 1 is 0.421 bits per heavy atom. The van der Waals surface area contributed by atoms with Gasteiger partial charge in [-0.3, -0.25) is 0 Å². The smallest absolute Gasteiger partial charge is 0.134 e. The van der Waals surface area contributed by atoms with E-state index in [1.807, 2.05) is 0 Å². The average molecular weight is 485 g/mol.